The van der Waals surface area contributed by atoms with Crippen LogP contribution in [-0.2, 0) is 0 Å². The van der Waals surface area contributed by atoms with E-state index < -0.39 is 5.82 Å². The third-order valence-corrected chi connectivity index (χ3v) is 3.55. The van der Waals surface area contributed by atoms with E-state index >= 15 is 0 Å². The Hall–Kier alpha value is -2.26. The van der Waals surface area contributed by atoms with E-state index in [-0.39, 0.29) is 31.0 Å². The molecule has 0 radical (unpaired) electrons. The third kappa shape index (κ3) is 5.15. The van der Waals surface area contributed by atoms with Crippen molar-refractivity contribution in [3.8, 4) is 18.1 Å². The zero-order valence-corrected chi connectivity index (χ0v) is 12.9. The van der Waals surface area contributed by atoms with Crippen LogP contribution in [0.25, 0.3) is 0 Å². The molecule has 0 aromatic heterocycles. The highest BCUT2D eigenvalue weighted by atomic mass is 19.1. The molecule has 0 heterocycles. The van der Waals surface area contributed by atoms with E-state index in [2.05, 4.69) is 11.2 Å². The summed E-state index contributed by atoms with van der Waals surface area (Å²) in [5.41, 5.74) is 0.262. The molecule has 5 nitrogen and oxygen atoms in total. The average Bonchev–Trinajstić information content (AvgIpc) is 3.35. The van der Waals surface area contributed by atoms with Crippen molar-refractivity contribution in [1.82, 2.24) is 4.90 Å². The number of urea groups is 1. The molecule has 1 aromatic carbocycles. The highest BCUT2D eigenvalue weighted by molar-refractivity contribution is 5.91. The van der Waals surface area contributed by atoms with Gasteiger partial charge in [0.2, 0.25) is 0 Å². The van der Waals surface area contributed by atoms with Gasteiger partial charge in [0.25, 0.3) is 0 Å². The summed E-state index contributed by atoms with van der Waals surface area (Å²) >= 11 is 0. The van der Waals surface area contributed by atoms with Crippen molar-refractivity contribution in [2.45, 2.75) is 31.7 Å². The van der Waals surface area contributed by atoms with Crippen LogP contribution in [-0.4, -0.2) is 41.8 Å². The van der Waals surface area contributed by atoms with Crippen LogP contribution in [0.3, 0.4) is 0 Å². The summed E-state index contributed by atoms with van der Waals surface area (Å²) in [5.74, 6) is 2.20. The van der Waals surface area contributed by atoms with Gasteiger partial charge in [-0.2, -0.15) is 0 Å². The molecule has 0 unspecified atom stereocenters. The van der Waals surface area contributed by atoms with Gasteiger partial charge in [0.15, 0.2) is 0 Å². The molecule has 0 saturated heterocycles. The van der Waals surface area contributed by atoms with E-state index in [0.29, 0.717) is 18.7 Å². The van der Waals surface area contributed by atoms with Crippen LogP contribution in [0.5, 0.6) is 5.75 Å². The molecule has 0 atom stereocenters. The van der Waals surface area contributed by atoms with E-state index in [0.717, 1.165) is 19.3 Å². The summed E-state index contributed by atoms with van der Waals surface area (Å²) in [6.07, 6.45) is 8.47. The Balaban J connectivity index is 2.05. The second kappa shape index (κ2) is 8.39. The average molecular weight is 320 g/mol. The monoisotopic (exact) mass is 320 g/mol. The first-order valence-corrected chi connectivity index (χ1v) is 7.70. The normalized spacial score (nSPS) is 13.3. The fourth-order valence-electron chi connectivity index (χ4n) is 2.26. The first-order valence-electron chi connectivity index (χ1n) is 7.70. The number of amides is 2. The van der Waals surface area contributed by atoms with E-state index in [4.69, 9.17) is 16.3 Å². The third-order valence-electron chi connectivity index (χ3n) is 3.55. The van der Waals surface area contributed by atoms with Crippen LogP contribution in [0.15, 0.2) is 18.2 Å². The molecule has 1 aliphatic rings. The molecular formula is C17H21FN2O3. The summed E-state index contributed by atoms with van der Waals surface area (Å²) in [5, 5.41) is 11.6. The Morgan fingerprint density at radius 3 is 2.91 bits per heavy atom. The molecular weight excluding hydrogens is 299 g/mol. The molecule has 1 fully saturated rings. The van der Waals surface area contributed by atoms with Crippen LogP contribution in [0, 0.1) is 18.2 Å². The Kier molecular flexibility index (Phi) is 6.24. The minimum absolute atomic E-state index is 0.0390. The summed E-state index contributed by atoms with van der Waals surface area (Å²) in [6, 6.07) is 3.83. The minimum Gasteiger partial charge on any atom is -0.479 e. The number of terminal acetylenes is 1. The second-order valence-corrected chi connectivity index (χ2v) is 5.42. The number of ether oxygens (including phenoxy) is 1. The maximum Gasteiger partial charge on any atom is 0.322 e. The van der Waals surface area contributed by atoms with E-state index in [1.165, 1.54) is 18.2 Å². The number of halogens is 1. The van der Waals surface area contributed by atoms with Crippen LogP contribution < -0.4 is 10.1 Å². The molecule has 6 heteroatoms. The van der Waals surface area contributed by atoms with Crippen LogP contribution >= 0.6 is 0 Å². The summed E-state index contributed by atoms with van der Waals surface area (Å²) in [6.45, 7) is 0.707. The standard InChI is InChI=1S/C17H21FN2O3/c1-2-11-23-16-8-5-13(18)12-15(16)19-17(22)20(14-6-7-14)9-3-4-10-21/h1,5,8,12,14,21H,3-4,6-7,9-11H2,(H,19,22). The predicted molar refractivity (Wildman–Crippen MR) is 85.8 cm³/mol. The van der Waals surface area contributed by atoms with E-state index in [1.807, 2.05) is 0 Å². The van der Waals surface area contributed by atoms with E-state index in [1.54, 1.807) is 4.90 Å². The van der Waals surface area contributed by atoms with Crippen molar-refractivity contribution in [2.24, 2.45) is 0 Å². The Labute approximate surface area is 135 Å². The van der Waals surface area contributed by atoms with Crippen LogP contribution in [0.1, 0.15) is 25.7 Å². The van der Waals surface area contributed by atoms with Gasteiger partial charge in [-0.05, 0) is 37.8 Å². The highest BCUT2D eigenvalue weighted by Crippen LogP contribution is 2.30. The lowest BCUT2D eigenvalue weighted by molar-refractivity contribution is 0.203. The lowest BCUT2D eigenvalue weighted by Crippen LogP contribution is -2.37. The number of carbonyl (C=O) groups is 1. The van der Waals surface area contributed by atoms with Crippen molar-refractivity contribution in [2.75, 3.05) is 25.1 Å². The molecule has 23 heavy (non-hydrogen) atoms. The number of nitrogens with one attached hydrogen (secondary N) is 1. The summed E-state index contributed by atoms with van der Waals surface area (Å²) in [4.78, 5) is 14.2. The largest absolute Gasteiger partial charge is 0.479 e. The van der Waals surface area contributed by atoms with Crippen molar-refractivity contribution < 1.29 is 19.0 Å². The van der Waals surface area contributed by atoms with Crippen molar-refractivity contribution in [3.63, 3.8) is 0 Å². The quantitative estimate of drug-likeness (QED) is 0.572. The number of carbonyl (C=O) groups excluding carboxylic acids is 1. The highest BCUT2D eigenvalue weighted by Gasteiger charge is 2.32. The number of rotatable bonds is 8. The van der Waals surface area contributed by atoms with E-state index in [9.17, 15) is 9.18 Å². The molecule has 1 aromatic rings. The topological polar surface area (TPSA) is 61.8 Å². The molecule has 2 rings (SSSR count). The van der Waals surface area contributed by atoms with Gasteiger partial charge in [0, 0.05) is 25.3 Å². The van der Waals surface area contributed by atoms with Gasteiger partial charge in [0.05, 0.1) is 5.69 Å². The zero-order valence-electron chi connectivity index (χ0n) is 12.9. The van der Waals surface area contributed by atoms with Gasteiger partial charge in [-0.25, -0.2) is 9.18 Å². The number of hydrogen-bond acceptors (Lipinski definition) is 3. The fourth-order valence-corrected chi connectivity index (χ4v) is 2.26. The maximum atomic E-state index is 13.5. The van der Waals surface area contributed by atoms with Crippen LogP contribution in [0.4, 0.5) is 14.9 Å². The molecule has 2 N–H and O–H groups in total. The second-order valence-electron chi connectivity index (χ2n) is 5.42. The lowest BCUT2D eigenvalue weighted by atomic mass is 10.2. The molecule has 1 saturated carbocycles. The van der Waals surface area contributed by atoms with Crippen molar-refractivity contribution in [1.29, 1.82) is 0 Å². The Bertz CT molecular complexity index is 582. The number of aliphatic hydroxyl groups is 1. The Morgan fingerprint density at radius 1 is 1.48 bits per heavy atom. The van der Waals surface area contributed by atoms with Gasteiger partial charge in [-0.3, -0.25) is 0 Å². The molecule has 0 aliphatic heterocycles. The molecule has 1 aliphatic carbocycles. The number of nitrogens with zero attached hydrogens (tertiary/aromatic N) is 1. The van der Waals surface area contributed by atoms with Gasteiger partial charge < -0.3 is 20.1 Å². The molecule has 0 bridgehead atoms. The SMILES string of the molecule is C#CCOc1ccc(F)cc1NC(=O)N(CCCCO)C1CC1. The number of hydrogen-bond donors (Lipinski definition) is 2. The fraction of sp³-hybridized carbons (Fsp3) is 0.471. The van der Waals surface area contributed by atoms with Crippen molar-refractivity contribution in [3.05, 3.63) is 24.0 Å². The van der Waals surface area contributed by atoms with Gasteiger partial charge in [-0.1, -0.05) is 5.92 Å². The Morgan fingerprint density at radius 2 is 2.26 bits per heavy atom. The van der Waals surface area contributed by atoms with Crippen molar-refractivity contribution >= 4 is 11.7 Å². The van der Waals surface area contributed by atoms with Gasteiger partial charge in [0.1, 0.15) is 18.2 Å². The predicted octanol–water partition coefficient (Wildman–Crippen LogP) is 2.61. The van der Waals surface area contributed by atoms with Gasteiger partial charge in [-0.15, -0.1) is 6.42 Å². The first kappa shape index (κ1) is 17.1. The van der Waals surface area contributed by atoms with Crippen LogP contribution in [0.2, 0.25) is 0 Å². The molecule has 2 amide bonds. The number of anilines is 1. The van der Waals surface area contributed by atoms with Gasteiger partial charge >= 0.3 is 6.03 Å². The number of benzene rings is 1. The first-order chi connectivity index (χ1) is 11.2. The number of aliphatic hydroxyl groups excluding tert-OH is 1. The smallest absolute Gasteiger partial charge is 0.322 e. The zero-order chi connectivity index (χ0) is 16.7. The summed E-state index contributed by atoms with van der Waals surface area (Å²) in [7, 11) is 0. The number of unbranched alkanes of at least 4 members (excludes halogenated alkanes) is 1. The maximum absolute atomic E-state index is 13.5. The molecule has 124 valence electrons. The molecule has 0 spiro atoms. The lowest BCUT2D eigenvalue weighted by Gasteiger charge is -2.23. The summed E-state index contributed by atoms with van der Waals surface area (Å²) < 4.78 is 18.8. The minimum atomic E-state index is -0.466.